The molecule has 0 atom stereocenters. The van der Waals surface area contributed by atoms with Gasteiger partial charge in [0.05, 0.1) is 0 Å². The third kappa shape index (κ3) is 3.51. The van der Waals surface area contributed by atoms with Gasteiger partial charge in [0.15, 0.2) is 17.3 Å². The molecule has 0 fully saturated rings. The molecule has 1 aliphatic heterocycles. The van der Waals surface area contributed by atoms with Crippen molar-refractivity contribution in [2.75, 3.05) is 6.79 Å². The van der Waals surface area contributed by atoms with E-state index in [1.54, 1.807) is 18.2 Å². The molecule has 1 aliphatic rings. The molecule has 15 heavy (non-hydrogen) atoms. The van der Waals surface area contributed by atoms with Gasteiger partial charge in [-0.2, -0.15) is 0 Å². The van der Waals surface area contributed by atoms with Crippen LogP contribution < -0.4 is 78.4 Å². The number of hydrogen-bond acceptors (Lipinski definition) is 3. The van der Waals surface area contributed by atoms with Crippen LogP contribution in [0, 0.1) is 7.43 Å². The molecule has 0 aromatic heterocycles. The fourth-order valence-corrected chi connectivity index (χ4v) is 1.27. The van der Waals surface area contributed by atoms with Gasteiger partial charge in [0.25, 0.3) is 0 Å². The van der Waals surface area contributed by atoms with Crippen molar-refractivity contribution in [3.05, 3.63) is 31.2 Å². The van der Waals surface area contributed by atoms with Gasteiger partial charge in [-0.15, -0.1) is 0 Å². The summed E-state index contributed by atoms with van der Waals surface area (Å²) in [5.41, 5.74) is 0.687. The second-order valence-corrected chi connectivity index (χ2v) is 2.84. The van der Waals surface area contributed by atoms with Gasteiger partial charge in [-0.3, -0.25) is 4.79 Å². The fourth-order valence-electron chi connectivity index (χ4n) is 1.27. The minimum Gasteiger partial charge on any atom is -0.454 e. The van der Waals surface area contributed by atoms with Gasteiger partial charge in [0.2, 0.25) is 6.79 Å². The first-order chi connectivity index (χ1) is 6.31. The Morgan fingerprint density at radius 3 is 2.67 bits per heavy atom. The van der Waals surface area contributed by atoms with Crippen LogP contribution in [0.3, 0.4) is 0 Å². The Morgan fingerprint density at radius 1 is 1.33 bits per heavy atom. The zero-order valence-electron chi connectivity index (χ0n) is 9.37. The number of rotatable bonds is 2. The minimum atomic E-state index is 0. The monoisotopic (exact) mass is 326 g/mol. The van der Waals surface area contributed by atoms with E-state index in [9.17, 15) is 4.79 Å². The maximum Gasteiger partial charge on any atom is 1.00 e. The molecule has 0 N–H and O–H groups in total. The molecule has 76 valence electrons. The first-order valence-electron chi connectivity index (χ1n) is 4.24. The maximum atomic E-state index is 11.3. The summed E-state index contributed by atoms with van der Waals surface area (Å²) in [5, 5.41) is 0. The number of carbonyl (C=O) groups excluding carboxylic acids is 1. The van der Waals surface area contributed by atoms with Gasteiger partial charge < -0.3 is 16.9 Å². The number of benzene rings is 1. The van der Waals surface area contributed by atoms with E-state index in [4.69, 9.17) is 9.47 Å². The molecule has 0 bridgehead atoms. The van der Waals surface area contributed by atoms with Crippen molar-refractivity contribution in [1.29, 1.82) is 0 Å². The quantitative estimate of drug-likeness (QED) is 0.541. The number of ether oxygens (including phenoxy) is 2. The van der Waals surface area contributed by atoms with E-state index in [2.05, 4.69) is 0 Å². The fraction of sp³-hybridized carbons (Fsp3) is 0.273. The zero-order valence-corrected chi connectivity index (χ0v) is 15.7. The number of carbonyl (C=O) groups is 1. The number of ketones is 1. The van der Waals surface area contributed by atoms with Crippen molar-refractivity contribution in [2.24, 2.45) is 0 Å². The standard InChI is InChI=1S/C10H10O3.CH3.Cs/c1-2-8(11)7-3-4-9-10(5-7)13-6-12-9;;/h3-5H,2,6H2,1H3;1H3;/q;-1;+1. The van der Waals surface area contributed by atoms with Gasteiger partial charge in [-0.25, -0.2) is 0 Å². The van der Waals surface area contributed by atoms with Gasteiger partial charge in [-0.05, 0) is 18.2 Å². The topological polar surface area (TPSA) is 35.5 Å². The summed E-state index contributed by atoms with van der Waals surface area (Å²) in [4.78, 5) is 11.3. The predicted octanol–water partition coefficient (Wildman–Crippen LogP) is -0.538. The number of hydrogen-bond donors (Lipinski definition) is 0. The van der Waals surface area contributed by atoms with Gasteiger partial charge in [0.1, 0.15) is 0 Å². The Labute approximate surface area is 149 Å². The molecule has 4 heteroatoms. The van der Waals surface area contributed by atoms with Gasteiger partial charge in [0, 0.05) is 12.0 Å². The summed E-state index contributed by atoms with van der Waals surface area (Å²) in [6, 6.07) is 5.26. The van der Waals surface area contributed by atoms with Crippen LogP contribution >= 0.6 is 0 Å². The second-order valence-electron chi connectivity index (χ2n) is 2.84. The van der Waals surface area contributed by atoms with Crippen LogP contribution in [-0.2, 0) is 0 Å². The first kappa shape index (κ1) is 15.5. The van der Waals surface area contributed by atoms with E-state index in [0.29, 0.717) is 23.5 Å². The van der Waals surface area contributed by atoms with E-state index in [-0.39, 0.29) is 88.9 Å². The normalized spacial score (nSPS) is 11.3. The van der Waals surface area contributed by atoms with Crippen LogP contribution in [0.25, 0.3) is 0 Å². The smallest absolute Gasteiger partial charge is 0.454 e. The second kappa shape index (κ2) is 6.98. The van der Waals surface area contributed by atoms with Gasteiger partial charge >= 0.3 is 68.9 Å². The van der Waals surface area contributed by atoms with E-state index >= 15 is 0 Å². The molecule has 1 aromatic rings. The summed E-state index contributed by atoms with van der Waals surface area (Å²) < 4.78 is 10.3. The Balaban J connectivity index is 0.000000980. The molecule has 1 heterocycles. The van der Waals surface area contributed by atoms with Crippen molar-refractivity contribution in [3.8, 4) is 11.5 Å². The summed E-state index contributed by atoms with van der Waals surface area (Å²) in [5.74, 6) is 1.50. The van der Waals surface area contributed by atoms with E-state index in [1.807, 2.05) is 6.92 Å². The predicted molar refractivity (Wildman–Crippen MR) is 53.6 cm³/mol. The Hall–Kier alpha value is 0.542. The number of fused-ring (bicyclic) bond motifs is 1. The van der Waals surface area contributed by atoms with E-state index < -0.39 is 0 Å². The summed E-state index contributed by atoms with van der Waals surface area (Å²) in [7, 11) is 0. The average molecular weight is 326 g/mol. The molecule has 3 nitrogen and oxygen atoms in total. The Morgan fingerprint density at radius 2 is 2.00 bits per heavy atom. The SMILES string of the molecule is CCC(=O)c1ccc2c(c1)OCO2.[CH3-].[Cs+]. The largest absolute Gasteiger partial charge is 1.00 e. The molecular weight excluding hydrogens is 313 g/mol. The third-order valence-corrected chi connectivity index (χ3v) is 2.02. The Kier molecular flexibility index (Phi) is 7.24. The molecule has 0 radical (unpaired) electrons. The van der Waals surface area contributed by atoms with Crippen LogP contribution in [0.1, 0.15) is 23.7 Å². The summed E-state index contributed by atoms with van der Waals surface area (Å²) >= 11 is 0. The molecule has 0 saturated heterocycles. The van der Waals surface area contributed by atoms with Gasteiger partial charge in [-0.1, -0.05) is 6.92 Å². The maximum absolute atomic E-state index is 11.3. The van der Waals surface area contributed by atoms with E-state index in [0.717, 1.165) is 0 Å². The number of Topliss-reactive ketones (excluding diaryl/α,β-unsaturated/α-hetero) is 1. The molecule has 1 aromatic carbocycles. The van der Waals surface area contributed by atoms with Crippen LogP contribution in [0.15, 0.2) is 18.2 Å². The van der Waals surface area contributed by atoms with Crippen molar-refractivity contribution in [1.82, 2.24) is 0 Å². The molecule has 0 aliphatic carbocycles. The molecule has 0 amide bonds. The summed E-state index contributed by atoms with van der Waals surface area (Å²) in [6.45, 7) is 2.09. The van der Waals surface area contributed by atoms with Crippen LogP contribution in [0.5, 0.6) is 11.5 Å². The van der Waals surface area contributed by atoms with Crippen molar-refractivity contribution < 1.29 is 83.2 Å². The molecule has 0 spiro atoms. The zero-order chi connectivity index (χ0) is 9.26. The van der Waals surface area contributed by atoms with Crippen LogP contribution in [0.4, 0.5) is 0 Å². The van der Waals surface area contributed by atoms with E-state index in [1.165, 1.54) is 0 Å². The molecule has 0 unspecified atom stereocenters. The van der Waals surface area contributed by atoms with Crippen LogP contribution in [-0.4, -0.2) is 12.6 Å². The van der Waals surface area contributed by atoms with Crippen LogP contribution in [0.2, 0.25) is 0 Å². The average Bonchev–Trinajstić information content (AvgIpc) is 2.63. The molecular formula is C11H13CsO3. The molecule has 0 saturated carbocycles. The first-order valence-corrected chi connectivity index (χ1v) is 4.24. The third-order valence-electron chi connectivity index (χ3n) is 2.02. The molecule has 2 rings (SSSR count). The van der Waals surface area contributed by atoms with Crippen molar-refractivity contribution >= 4 is 5.78 Å². The van der Waals surface area contributed by atoms with Crippen molar-refractivity contribution in [2.45, 2.75) is 13.3 Å². The summed E-state index contributed by atoms with van der Waals surface area (Å²) in [6.07, 6.45) is 0.514. The Bertz CT molecular complexity index is 350. The minimum absolute atomic E-state index is 0. The van der Waals surface area contributed by atoms with Crippen molar-refractivity contribution in [3.63, 3.8) is 0 Å².